The highest BCUT2D eigenvalue weighted by Crippen LogP contribution is 2.20. The number of rotatable bonds is 4. The zero-order valence-corrected chi connectivity index (χ0v) is 13.7. The van der Waals surface area contributed by atoms with Gasteiger partial charge in [0.2, 0.25) is 11.9 Å². The molecule has 24 heavy (non-hydrogen) atoms. The number of carbonyl (C=O) groups is 1. The van der Waals surface area contributed by atoms with Crippen LogP contribution in [0.1, 0.15) is 24.1 Å². The summed E-state index contributed by atoms with van der Waals surface area (Å²) in [5, 5.41) is 2.91. The summed E-state index contributed by atoms with van der Waals surface area (Å²) < 4.78 is 13.2. The molecule has 1 unspecified atom stereocenters. The Hall–Kier alpha value is -2.50. The lowest BCUT2D eigenvalue weighted by Gasteiger charge is -2.32. The van der Waals surface area contributed by atoms with E-state index in [2.05, 4.69) is 20.2 Å². The molecule has 1 aromatic carbocycles. The Bertz CT molecular complexity index is 722. The van der Waals surface area contributed by atoms with Crippen molar-refractivity contribution in [3.63, 3.8) is 0 Å². The number of hydrogen-bond acceptors (Lipinski definition) is 4. The van der Waals surface area contributed by atoms with E-state index < -0.39 is 0 Å². The number of benzene rings is 1. The van der Waals surface area contributed by atoms with Gasteiger partial charge in [0.1, 0.15) is 5.82 Å². The fourth-order valence-corrected chi connectivity index (χ4v) is 2.94. The second-order valence-corrected chi connectivity index (χ2v) is 6.13. The number of hydrogen-bond donors (Lipinski definition) is 1. The van der Waals surface area contributed by atoms with Crippen LogP contribution in [-0.4, -0.2) is 29.0 Å². The number of nitrogens with zero attached hydrogens (tertiary/aromatic N) is 3. The molecule has 0 spiro atoms. The SMILES string of the molecule is Cc1ccnc(N2CCCC(C(=O)NCc3cccc(F)c3)C2)n1. The third-order valence-electron chi connectivity index (χ3n) is 4.21. The molecule has 1 N–H and O–H groups in total. The highest BCUT2D eigenvalue weighted by atomic mass is 19.1. The van der Waals surface area contributed by atoms with Crippen LogP contribution in [0.2, 0.25) is 0 Å². The van der Waals surface area contributed by atoms with Gasteiger partial charge in [-0.2, -0.15) is 0 Å². The third-order valence-corrected chi connectivity index (χ3v) is 4.21. The molecule has 0 radical (unpaired) electrons. The Morgan fingerprint density at radius 2 is 2.29 bits per heavy atom. The maximum Gasteiger partial charge on any atom is 0.225 e. The van der Waals surface area contributed by atoms with Gasteiger partial charge < -0.3 is 10.2 Å². The van der Waals surface area contributed by atoms with Gasteiger partial charge in [0, 0.05) is 31.5 Å². The number of carbonyl (C=O) groups excluding carboxylic acids is 1. The van der Waals surface area contributed by atoms with Crippen molar-refractivity contribution in [1.82, 2.24) is 15.3 Å². The van der Waals surface area contributed by atoms with E-state index in [9.17, 15) is 9.18 Å². The van der Waals surface area contributed by atoms with E-state index in [1.54, 1.807) is 18.3 Å². The summed E-state index contributed by atoms with van der Waals surface area (Å²) in [6.07, 6.45) is 3.51. The predicted octanol–water partition coefficient (Wildman–Crippen LogP) is 2.46. The molecular formula is C18H21FN4O. The summed E-state index contributed by atoms with van der Waals surface area (Å²) in [6.45, 7) is 3.74. The Kier molecular flexibility index (Phi) is 5.03. The van der Waals surface area contributed by atoms with Gasteiger partial charge in [-0.15, -0.1) is 0 Å². The van der Waals surface area contributed by atoms with E-state index in [0.29, 0.717) is 19.0 Å². The van der Waals surface area contributed by atoms with Crippen molar-refractivity contribution in [2.75, 3.05) is 18.0 Å². The molecule has 0 aliphatic carbocycles. The fourth-order valence-electron chi connectivity index (χ4n) is 2.94. The van der Waals surface area contributed by atoms with E-state index in [0.717, 1.165) is 30.6 Å². The van der Waals surface area contributed by atoms with E-state index in [-0.39, 0.29) is 17.6 Å². The third kappa shape index (κ3) is 4.07. The Balaban J connectivity index is 1.59. The lowest BCUT2D eigenvalue weighted by atomic mass is 9.97. The summed E-state index contributed by atoms with van der Waals surface area (Å²) in [5.74, 6) is 0.285. The summed E-state index contributed by atoms with van der Waals surface area (Å²) >= 11 is 0. The number of aromatic nitrogens is 2. The highest BCUT2D eigenvalue weighted by molar-refractivity contribution is 5.79. The summed E-state index contributed by atoms with van der Waals surface area (Å²) in [5.41, 5.74) is 1.68. The Morgan fingerprint density at radius 1 is 1.42 bits per heavy atom. The van der Waals surface area contributed by atoms with E-state index in [1.807, 2.05) is 13.0 Å². The molecule has 2 aromatic rings. The van der Waals surface area contributed by atoms with Crippen molar-refractivity contribution in [1.29, 1.82) is 0 Å². The predicted molar refractivity (Wildman–Crippen MR) is 90.0 cm³/mol. The molecule has 3 rings (SSSR count). The topological polar surface area (TPSA) is 58.1 Å². The van der Waals surface area contributed by atoms with Crippen LogP contribution in [0.15, 0.2) is 36.5 Å². The second kappa shape index (κ2) is 7.38. The molecule has 1 saturated heterocycles. The molecule has 1 amide bonds. The first-order chi connectivity index (χ1) is 11.6. The van der Waals surface area contributed by atoms with Gasteiger partial charge in [0.15, 0.2) is 0 Å². The minimum atomic E-state index is -0.290. The van der Waals surface area contributed by atoms with Crippen LogP contribution < -0.4 is 10.2 Å². The Labute approximate surface area is 140 Å². The summed E-state index contributed by atoms with van der Waals surface area (Å²) in [6, 6.07) is 8.14. The van der Waals surface area contributed by atoms with Gasteiger partial charge in [0.25, 0.3) is 0 Å². The molecular weight excluding hydrogens is 307 g/mol. The summed E-state index contributed by atoms with van der Waals surface area (Å²) in [7, 11) is 0. The summed E-state index contributed by atoms with van der Waals surface area (Å²) in [4.78, 5) is 23.2. The zero-order valence-electron chi connectivity index (χ0n) is 13.7. The molecule has 0 bridgehead atoms. The molecule has 6 heteroatoms. The van der Waals surface area contributed by atoms with Crippen LogP contribution in [0.25, 0.3) is 0 Å². The van der Waals surface area contributed by atoms with Gasteiger partial charge >= 0.3 is 0 Å². The molecule has 126 valence electrons. The molecule has 1 aliphatic rings. The highest BCUT2D eigenvalue weighted by Gasteiger charge is 2.27. The number of aryl methyl sites for hydroxylation is 1. The van der Waals surface area contributed by atoms with Crippen LogP contribution in [0, 0.1) is 18.7 Å². The maximum atomic E-state index is 13.2. The molecule has 5 nitrogen and oxygen atoms in total. The van der Waals surface area contributed by atoms with Gasteiger partial charge in [-0.05, 0) is 43.5 Å². The molecule has 2 heterocycles. The lowest BCUT2D eigenvalue weighted by Crippen LogP contribution is -2.43. The molecule has 1 atom stereocenters. The van der Waals surface area contributed by atoms with Crippen molar-refractivity contribution in [3.05, 3.63) is 53.6 Å². The average molecular weight is 328 g/mol. The molecule has 1 aromatic heterocycles. The fraction of sp³-hybridized carbons (Fsp3) is 0.389. The number of amides is 1. The van der Waals surface area contributed by atoms with Crippen LogP contribution in [0.3, 0.4) is 0 Å². The Morgan fingerprint density at radius 3 is 3.08 bits per heavy atom. The van der Waals surface area contributed by atoms with E-state index in [1.165, 1.54) is 12.1 Å². The largest absolute Gasteiger partial charge is 0.352 e. The van der Waals surface area contributed by atoms with Gasteiger partial charge in [-0.25, -0.2) is 14.4 Å². The van der Waals surface area contributed by atoms with Crippen LogP contribution >= 0.6 is 0 Å². The van der Waals surface area contributed by atoms with E-state index in [4.69, 9.17) is 0 Å². The standard InChI is InChI=1S/C18H21FN4O/c1-13-7-8-20-18(22-13)23-9-3-5-15(12-23)17(24)21-11-14-4-2-6-16(19)10-14/h2,4,6-8,10,15H,3,5,9,11-12H2,1H3,(H,21,24). The van der Waals surface area contributed by atoms with Crippen molar-refractivity contribution in [2.24, 2.45) is 5.92 Å². The van der Waals surface area contributed by atoms with E-state index >= 15 is 0 Å². The first kappa shape index (κ1) is 16.4. The van der Waals surface area contributed by atoms with Crippen molar-refractivity contribution in [2.45, 2.75) is 26.3 Å². The number of piperidine rings is 1. The van der Waals surface area contributed by atoms with Crippen LogP contribution in [0.5, 0.6) is 0 Å². The molecule has 0 saturated carbocycles. The van der Waals surface area contributed by atoms with Gasteiger partial charge in [-0.1, -0.05) is 12.1 Å². The quantitative estimate of drug-likeness (QED) is 0.937. The first-order valence-electron chi connectivity index (χ1n) is 8.18. The number of anilines is 1. The maximum absolute atomic E-state index is 13.2. The van der Waals surface area contributed by atoms with Crippen LogP contribution in [0.4, 0.5) is 10.3 Å². The van der Waals surface area contributed by atoms with Crippen LogP contribution in [-0.2, 0) is 11.3 Å². The molecule has 1 fully saturated rings. The van der Waals surface area contributed by atoms with Crippen molar-refractivity contribution in [3.8, 4) is 0 Å². The lowest BCUT2D eigenvalue weighted by molar-refractivity contribution is -0.125. The number of nitrogens with one attached hydrogen (secondary N) is 1. The average Bonchev–Trinajstić information content (AvgIpc) is 2.60. The second-order valence-electron chi connectivity index (χ2n) is 6.13. The smallest absolute Gasteiger partial charge is 0.225 e. The van der Waals surface area contributed by atoms with Crippen molar-refractivity contribution >= 4 is 11.9 Å². The number of halogens is 1. The van der Waals surface area contributed by atoms with Gasteiger partial charge in [0.05, 0.1) is 5.92 Å². The van der Waals surface area contributed by atoms with Gasteiger partial charge in [-0.3, -0.25) is 4.79 Å². The van der Waals surface area contributed by atoms with Crippen molar-refractivity contribution < 1.29 is 9.18 Å². The minimum Gasteiger partial charge on any atom is -0.352 e. The minimum absolute atomic E-state index is 0.00313. The normalized spacial score (nSPS) is 17.6. The monoisotopic (exact) mass is 328 g/mol. The molecule has 1 aliphatic heterocycles. The zero-order chi connectivity index (χ0) is 16.9. The first-order valence-corrected chi connectivity index (χ1v) is 8.18.